The van der Waals surface area contributed by atoms with Crippen molar-refractivity contribution in [2.75, 3.05) is 24.6 Å². The van der Waals surface area contributed by atoms with Crippen LogP contribution in [0.1, 0.15) is 19.3 Å². The number of carbonyl (C=O) groups is 4. The number of hydrogen-bond acceptors (Lipinski definition) is 9. The third-order valence-electron chi connectivity index (χ3n) is 6.17. The first-order valence-corrected chi connectivity index (χ1v) is 12.9. The molecule has 1 aromatic heterocycles. The summed E-state index contributed by atoms with van der Waals surface area (Å²) in [6, 6.07) is -0.804. The molecule has 0 aromatic carbocycles. The number of aromatic nitrogens is 4. The molecule has 1 aromatic rings. The molecule has 180 valence electrons. The summed E-state index contributed by atoms with van der Waals surface area (Å²) in [5, 5.41) is 23.5. The zero-order valence-electron chi connectivity index (χ0n) is 18.3. The molecule has 3 fully saturated rings. The Hall–Kier alpha value is -2.87. The summed E-state index contributed by atoms with van der Waals surface area (Å²) in [5.74, 6) is -1.17. The van der Waals surface area contributed by atoms with Crippen LogP contribution in [0.2, 0.25) is 0 Å². The van der Waals surface area contributed by atoms with E-state index in [9.17, 15) is 24.3 Å². The van der Waals surface area contributed by atoms with Crippen molar-refractivity contribution in [1.29, 1.82) is 0 Å². The number of nitrogens with zero attached hydrogens (tertiary/aromatic N) is 6. The molecule has 2 saturated heterocycles. The van der Waals surface area contributed by atoms with E-state index in [1.54, 1.807) is 13.1 Å². The number of β-lactam (4-membered cyclic amide) rings is 1. The third kappa shape index (κ3) is 4.31. The monoisotopic (exact) mass is 505 g/mol. The molecule has 2 N–H and O–H groups in total. The molecule has 0 spiro atoms. The van der Waals surface area contributed by atoms with Crippen molar-refractivity contribution < 1.29 is 24.3 Å². The molecule has 0 bridgehead atoms. The Kier molecular flexibility index (Phi) is 6.10. The van der Waals surface area contributed by atoms with Crippen LogP contribution >= 0.6 is 23.5 Å². The fourth-order valence-electron chi connectivity index (χ4n) is 4.24. The average molecular weight is 506 g/mol. The zero-order valence-corrected chi connectivity index (χ0v) is 20.0. The maximum absolute atomic E-state index is 12.8. The highest BCUT2D eigenvalue weighted by Crippen LogP contribution is 2.41. The molecule has 3 aliphatic heterocycles. The highest BCUT2D eigenvalue weighted by molar-refractivity contribution is 8.00. The van der Waals surface area contributed by atoms with Gasteiger partial charge in [-0.15, -0.1) is 16.9 Å². The molecule has 4 heterocycles. The first kappa shape index (κ1) is 22.9. The molecule has 12 nitrogen and oxygen atoms in total. The standard InChI is InChI=1S/C20H23N7O5S2/c1-25-20(22-23-24-25)34-9-13(28)21-14-17(30)27-15(19(31)32)12(8-33-18(14)27)6-11-4-5-26(16(11)29)7-10-2-3-10/h6,10,14,18H,2-5,7-9H2,1H3,(H,21,28)(H,31,32)/b11-6+/t14-,18-/m1/s1. The van der Waals surface area contributed by atoms with Crippen LogP contribution in [0, 0.1) is 5.92 Å². The minimum atomic E-state index is -1.22. The van der Waals surface area contributed by atoms with E-state index in [0.29, 0.717) is 40.9 Å². The summed E-state index contributed by atoms with van der Waals surface area (Å²) >= 11 is 2.51. The quantitative estimate of drug-likeness (QED) is 0.272. The number of likely N-dealkylation sites (tertiary alicyclic amines) is 1. The number of carbonyl (C=O) groups excluding carboxylic acids is 3. The Morgan fingerprint density at radius 1 is 1.32 bits per heavy atom. The Morgan fingerprint density at radius 2 is 2.12 bits per heavy atom. The van der Waals surface area contributed by atoms with E-state index in [1.165, 1.54) is 21.3 Å². The highest BCUT2D eigenvalue weighted by Gasteiger charge is 2.54. The van der Waals surface area contributed by atoms with Crippen LogP contribution in [0.15, 0.2) is 28.1 Å². The van der Waals surface area contributed by atoms with E-state index < -0.39 is 23.3 Å². The number of carboxylic acid groups (broad SMARTS) is 1. The Labute approximate surface area is 203 Å². The number of aliphatic carboxylic acids is 1. The number of fused-ring (bicyclic) bond motifs is 1. The minimum absolute atomic E-state index is 0.0217. The van der Waals surface area contributed by atoms with Gasteiger partial charge in [-0.25, -0.2) is 9.48 Å². The number of tetrazole rings is 1. The maximum Gasteiger partial charge on any atom is 0.352 e. The molecule has 3 amide bonds. The highest BCUT2D eigenvalue weighted by atomic mass is 32.2. The molecule has 34 heavy (non-hydrogen) atoms. The van der Waals surface area contributed by atoms with Gasteiger partial charge in [0.2, 0.25) is 17.0 Å². The van der Waals surface area contributed by atoms with Crippen LogP contribution in [0.3, 0.4) is 0 Å². The third-order valence-corrected chi connectivity index (χ3v) is 8.48. The van der Waals surface area contributed by atoms with E-state index in [-0.39, 0.29) is 23.3 Å². The van der Waals surface area contributed by atoms with Crippen molar-refractivity contribution in [3.05, 3.63) is 22.9 Å². The van der Waals surface area contributed by atoms with Crippen molar-refractivity contribution >= 4 is 47.2 Å². The van der Waals surface area contributed by atoms with Crippen LogP contribution < -0.4 is 5.32 Å². The molecule has 1 saturated carbocycles. The van der Waals surface area contributed by atoms with Crippen molar-refractivity contribution in [3.63, 3.8) is 0 Å². The summed E-state index contributed by atoms with van der Waals surface area (Å²) in [6.07, 6.45) is 4.52. The maximum atomic E-state index is 12.8. The molecule has 0 radical (unpaired) electrons. The lowest BCUT2D eigenvalue weighted by molar-refractivity contribution is -0.150. The van der Waals surface area contributed by atoms with Crippen molar-refractivity contribution in [1.82, 2.24) is 35.3 Å². The van der Waals surface area contributed by atoms with E-state index >= 15 is 0 Å². The second-order valence-corrected chi connectivity index (χ2v) is 10.7. The van der Waals surface area contributed by atoms with Crippen molar-refractivity contribution in [2.24, 2.45) is 13.0 Å². The summed E-state index contributed by atoms with van der Waals surface area (Å²) in [4.78, 5) is 53.0. The first-order valence-electron chi connectivity index (χ1n) is 10.9. The van der Waals surface area contributed by atoms with Gasteiger partial charge in [0.1, 0.15) is 17.1 Å². The average Bonchev–Trinajstić information content (AvgIpc) is 3.45. The lowest BCUT2D eigenvalue weighted by Crippen LogP contribution is -2.70. The van der Waals surface area contributed by atoms with Gasteiger partial charge in [-0.1, -0.05) is 11.8 Å². The van der Waals surface area contributed by atoms with Crippen molar-refractivity contribution in [3.8, 4) is 0 Å². The van der Waals surface area contributed by atoms with Crippen LogP contribution in [0.25, 0.3) is 0 Å². The van der Waals surface area contributed by atoms with E-state index in [1.807, 2.05) is 4.90 Å². The van der Waals surface area contributed by atoms with Gasteiger partial charge >= 0.3 is 5.97 Å². The molecule has 1 aliphatic carbocycles. The van der Waals surface area contributed by atoms with Gasteiger partial charge in [0.15, 0.2) is 0 Å². The predicted molar refractivity (Wildman–Crippen MR) is 121 cm³/mol. The Bertz CT molecular complexity index is 1130. The van der Waals surface area contributed by atoms with Crippen LogP contribution in [-0.4, -0.2) is 94.8 Å². The first-order chi connectivity index (χ1) is 16.3. The van der Waals surface area contributed by atoms with Gasteiger partial charge in [-0.05, 0) is 47.3 Å². The Balaban J connectivity index is 1.26. The summed E-state index contributed by atoms with van der Waals surface area (Å²) < 4.78 is 1.44. The van der Waals surface area contributed by atoms with Crippen LogP contribution in [0.4, 0.5) is 0 Å². The molecular weight excluding hydrogens is 482 g/mol. The second kappa shape index (κ2) is 9.06. The minimum Gasteiger partial charge on any atom is -0.477 e. The predicted octanol–water partition coefficient (Wildman–Crippen LogP) is -0.390. The lowest BCUT2D eigenvalue weighted by Gasteiger charge is -2.49. The van der Waals surface area contributed by atoms with Gasteiger partial charge in [0.25, 0.3) is 5.91 Å². The molecule has 2 atom stereocenters. The summed E-state index contributed by atoms with van der Waals surface area (Å²) in [6.45, 7) is 1.40. The SMILES string of the molecule is Cn1nnnc1SCC(=O)N[C@@H]1C(=O)N2C(C(=O)O)=C(/C=C3\CCN(CC4CC4)C3=O)CS[C@H]12. The number of hydrogen-bond donors (Lipinski definition) is 2. The van der Waals surface area contributed by atoms with Gasteiger partial charge < -0.3 is 15.3 Å². The smallest absolute Gasteiger partial charge is 0.352 e. The lowest BCUT2D eigenvalue weighted by atomic mass is 10.0. The number of carboxylic acids is 1. The van der Waals surface area contributed by atoms with Gasteiger partial charge in [0, 0.05) is 31.5 Å². The van der Waals surface area contributed by atoms with E-state index in [0.717, 1.165) is 31.1 Å². The molecule has 14 heteroatoms. The number of aryl methyl sites for hydroxylation is 1. The summed E-state index contributed by atoms with van der Waals surface area (Å²) in [5.41, 5.74) is 0.926. The second-order valence-electron chi connectivity index (χ2n) is 8.62. The van der Waals surface area contributed by atoms with Crippen LogP contribution in [-0.2, 0) is 26.2 Å². The molecule has 5 rings (SSSR count). The fraction of sp³-hybridized carbons (Fsp3) is 0.550. The van der Waals surface area contributed by atoms with Gasteiger partial charge in [-0.3, -0.25) is 19.3 Å². The zero-order chi connectivity index (χ0) is 24.0. The van der Waals surface area contributed by atoms with Crippen LogP contribution in [0.5, 0.6) is 0 Å². The molecule has 4 aliphatic rings. The number of thioether (sulfide) groups is 2. The van der Waals surface area contributed by atoms with E-state index in [4.69, 9.17) is 0 Å². The molecule has 0 unspecified atom stereocenters. The van der Waals surface area contributed by atoms with Gasteiger partial charge in [-0.2, -0.15) is 0 Å². The number of nitrogens with one attached hydrogen (secondary N) is 1. The number of rotatable bonds is 8. The molecular formula is C20H23N7O5S2. The van der Waals surface area contributed by atoms with Crippen molar-refractivity contribution in [2.45, 2.75) is 35.8 Å². The normalized spacial score (nSPS) is 25.6. The summed E-state index contributed by atoms with van der Waals surface area (Å²) in [7, 11) is 1.66. The largest absolute Gasteiger partial charge is 0.477 e. The number of allylic oxidation sites excluding steroid dienone is 1. The van der Waals surface area contributed by atoms with E-state index in [2.05, 4.69) is 20.8 Å². The Morgan fingerprint density at radius 3 is 2.79 bits per heavy atom. The topological polar surface area (TPSA) is 151 Å². The number of amides is 3. The fourth-order valence-corrected chi connectivity index (χ4v) is 6.21. The van der Waals surface area contributed by atoms with Gasteiger partial charge in [0.05, 0.1) is 5.75 Å².